The van der Waals surface area contributed by atoms with Gasteiger partial charge in [0.1, 0.15) is 0 Å². The molecule has 2 rings (SSSR count). The third kappa shape index (κ3) is 3.37. The van der Waals surface area contributed by atoms with Crippen molar-refractivity contribution in [2.24, 2.45) is 5.73 Å². The van der Waals surface area contributed by atoms with E-state index in [1.54, 1.807) is 0 Å². The van der Waals surface area contributed by atoms with Crippen molar-refractivity contribution in [3.8, 4) is 0 Å². The summed E-state index contributed by atoms with van der Waals surface area (Å²) in [6, 6.07) is 6.58. The highest BCUT2D eigenvalue weighted by molar-refractivity contribution is 5.85. The van der Waals surface area contributed by atoms with E-state index in [1.807, 2.05) is 0 Å². The van der Waals surface area contributed by atoms with Crippen LogP contribution < -0.4 is 10.6 Å². The van der Waals surface area contributed by atoms with E-state index in [2.05, 4.69) is 41.8 Å². The van der Waals surface area contributed by atoms with Gasteiger partial charge in [-0.05, 0) is 31.0 Å². The van der Waals surface area contributed by atoms with Gasteiger partial charge >= 0.3 is 0 Å². The molecule has 3 nitrogen and oxygen atoms in total. The summed E-state index contributed by atoms with van der Waals surface area (Å²) in [4.78, 5) is 4.94. The summed E-state index contributed by atoms with van der Waals surface area (Å²) in [7, 11) is 0. The Hall–Kier alpha value is -0.770. The molecule has 0 unspecified atom stereocenters. The van der Waals surface area contributed by atoms with E-state index >= 15 is 0 Å². The highest BCUT2D eigenvalue weighted by atomic mass is 35.5. The van der Waals surface area contributed by atoms with Crippen molar-refractivity contribution < 1.29 is 0 Å². The molecule has 0 atom stereocenters. The maximum Gasteiger partial charge on any atom is 0.0399 e. The smallest absolute Gasteiger partial charge is 0.0399 e. The van der Waals surface area contributed by atoms with Gasteiger partial charge in [-0.15, -0.1) is 12.4 Å². The summed E-state index contributed by atoms with van der Waals surface area (Å²) in [5.41, 5.74) is 9.79. The van der Waals surface area contributed by atoms with Crippen LogP contribution in [0.4, 0.5) is 5.69 Å². The van der Waals surface area contributed by atoms with Gasteiger partial charge in [0.25, 0.3) is 0 Å². The largest absolute Gasteiger partial charge is 0.369 e. The number of halogens is 1. The Bertz CT molecular complexity index is 373. The molecule has 0 amide bonds. The average Bonchev–Trinajstić information content (AvgIpc) is 2.34. The van der Waals surface area contributed by atoms with Crippen molar-refractivity contribution in [2.45, 2.75) is 13.8 Å². The summed E-state index contributed by atoms with van der Waals surface area (Å²) in [6.45, 7) is 10.7. The van der Waals surface area contributed by atoms with Gasteiger partial charge in [0.15, 0.2) is 0 Å². The van der Waals surface area contributed by atoms with E-state index in [4.69, 9.17) is 5.73 Å². The Morgan fingerprint density at radius 2 is 1.78 bits per heavy atom. The molecule has 0 aromatic heterocycles. The van der Waals surface area contributed by atoms with Gasteiger partial charge in [0.2, 0.25) is 0 Å². The lowest BCUT2D eigenvalue weighted by atomic mass is 10.1. The molecule has 0 saturated carbocycles. The maximum atomic E-state index is 5.59. The van der Waals surface area contributed by atoms with Crippen LogP contribution in [-0.2, 0) is 0 Å². The van der Waals surface area contributed by atoms with Crippen LogP contribution in [0, 0.1) is 13.8 Å². The fraction of sp³-hybridized carbons (Fsp3) is 0.571. The monoisotopic (exact) mass is 269 g/mol. The molecule has 1 heterocycles. The number of piperazine rings is 1. The van der Waals surface area contributed by atoms with Crippen LogP contribution >= 0.6 is 12.4 Å². The van der Waals surface area contributed by atoms with Crippen LogP contribution in [0.5, 0.6) is 0 Å². The number of aryl methyl sites for hydroxylation is 1. The Balaban J connectivity index is 0.00000162. The average molecular weight is 270 g/mol. The number of hydrogen-bond donors (Lipinski definition) is 1. The molecule has 1 aliphatic heterocycles. The molecule has 1 aromatic carbocycles. The first-order chi connectivity index (χ1) is 8.22. The van der Waals surface area contributed by atoms with Crippen molar-refractivity contribution in [3.63, 3.8) is 0 Å². The zero-order valence-corrected chi connectivity index (χ0v) is 12.2. The highest BCUT2D eigenvalue weighted by Crippen LogP contribution is 2.23. The van der Waals surface area contributed by atoms with Gasteiger partial charge in [0, 0.05) is 45.0 Å². The Morgan fingerprint density at radius 1 is 1.11 bits per heavy atom. The minimum absolute atomic E-state index is 0. The molecular weight excluding hydrogens is 246 g/mol. The van der Waals surface area contributed by atoms with Crippen LogP contribution in [0.15, 0.2) is 18.2 Å². The Morgan fingerprint density at radius 3 is 2.39 bits per heavy atom. The number of hydrogen-bond acceptors (Lipinski definition) is 3. The Labute approximate surface area is 116 Å². The minimum atomic E-state index is 0. The topological polar surface area (TPSA) is 32.5 Å². The van der Waals surface area contributed by atoms with Gasteiger partial charge < -0.3 is 10.6 Å². The first kappa shape index (κ1) is 15.3. The molecule has 102 valence electrons. The van der Waals surface area contributed by atoms with E-state index in [-0.39, 0.29) is 12.4 Å². The van der Waals surface area contributed by atoms with Crippen molar-refractivity contribution in [1.82, 2.24) is 4.90 Å². The van der Waals surface area contributed by atoms with E-state index in [1.165, 1.54) is 16.8 Å². The molecule has 1 aliphatic rings. The highest BCUT2D eigenvalue weighted by Gasteiger charge is 2.17. The lowest BCUT2D eigenvalue weighted by molar-refractivity contribution is 0.265. The zero-order valence-electron chi connectivity index (χ0n) is 11.4. The molecule has 1 fully saturated rings. The fourth-order valence-electron chi connectivity index (χ4n) is 2.47. The van der Waals surface area contributed by atoms with E-state index in [0.717, 1.165) is 39.3 Å². The van der Waals surface area contributed by atoms with Crippen LogP contribution in [0.25, 0.3) is 0 Å². The molecule has 4 heteroatoms. The molecule has 1 saturated heterocycles. The van der Waals surface area contributed by atoms with Crippen molar-refractivity contribution in [2.75, 3.05) is 44.2 Å². The number of nitrogens with zero attached hydrogens (tertiary/aromatic N) is 2. The molecule has 0 radical (unpaired) electrons. The van der Waals surface area contributed by atoms with Crippen LogP contribution in [0.1, 0.15) is 11.1 Å². The maximum absolute atomic E-state index is 5.59. The normalized spacial score (nSPS) is 16.5. The molecule has 0 bridgehead atoms. The predicted octanol–water partition coefficient (Wildman–Crippen LogP) is 1.81. The van der Waals surface area contributed by atoms with Gasteiger partial charge in [-0.2, -0.15) is 0 Å². The summed E-state index contributed by atoms with van der Waals surface area (Å²) in [6.07, 6.45) is 0. The summed E-state index contributed by atoms with van der Waals surface area (Å²) >= 11 is 0. The second-order valence-corrected chi connectivity index (χ2v) is 4.84. The summed E-state index contributed by atoms with van der Waals surface area (Å²) in [5.74, 6) is 0. The Kier molecular flexibility index (Phi) is 5.93. The predicted molar refractivity (Wildman–Crippen MR) is 80.9 cm³/mol. The third-order valence-corrected chi connectivity index (χ3v) is 3.73. The lowest BCUT2D eigenvalue weighted by Gasteiger charge is -2.36. The quantitative estimate of drug-likeness (QED) is 0.908. The number of nitrogens with two attached hydrogens (primary N) is 1. The zero-order chi connectivity index (χ0) is 12.3. The molecule has 18 heavy (non-hydrogen) atoms. The van der Waals surface area contributed by atoms with Crippen molar-refractivity contribution in [1.29, 1.82) is 0 Å². The lowest BCUT2D eigenvalue weighted by Crippen LogP contribution is -2.48. The van der Waals surface area contributed by atoms with Gasteiger partial charge in [-0.25, -0.2) is 0 Å². The number of benzene rings is 1. The molecule has 0 aliphatic carbocycles. The molecule has 2 N–H and O–H groups in total. The second-order valence-electron chi connectivity index (χ2n) is 4.84. The first-order valence-electron chi connectivity index (χ1n) is 6.46. The van der Waals surface area contributed by atoms with Crippen molar-refractivity contribution in [3.05, 3.63) is 29.3 Å². The van der Waals surface area contributed by atoms with E-state index < -0.39 is 0 Å². The SMILES string of the molecule is Cc1cccc(N2CCN(CCN)CC2)c1C.Cl. The van der Waals surface area contributed by atoms with E-state index in [9.17, 15) is 0 Å². The number of rotatable bonds is 3. The minimum Gasteiger partial charge on any atom is -0.369 e. The van der Waals surface area contributed by atoms with Crippen LogP contribution in [0.3, 0.4) is 0 Å². The number of anilines is 1. The van der Waals surface area contributed by atoms with Gasteiger partial charge in [-0.3, -0.25) is 4.90 Å². The van der Waals surface area contributed by atoms with Gasteiger partial charge in [-0.1, -0.05) is 12.1 Å². The standard InChI is InChI=1S/C14H23N3.ClH/c1-12-4-3-5-14(13(12)2)17-10-8-16(7-6-15)9-11-17;/h3-5H,6-11,15H2,1-2H3;1H. The second kappa shape index (κ2) is 6.98. The summed E-state index contributed by atoms with van der Waals surface area (Å²) in [5, 5.41) is 0. The first-order valence-corrected chi connectivity index (χ1v) is 6.46. The molecule has 1 aromatic rings. The third-order valence-electron chi connectivity index (χ3n) is 3.73. The van der Waals surface area contributed by atoms with Crippen LogP contribution in [-0.4, -0.2) is 44.2 Å². The molecule has 0 spiro atoms. The van der Waals surface area contributed by atoms with Crippen molar-refractivity contribution >= 4 is 18.1 Å². The van der Waals surface area contributed by atoms with Crippen LogP contribution in [0.2, 0.25) is 0 Å². The molecular formula is C14H24ClN3. The van der Waals surface area contributed by atoms with E-state index in [0.29, 0.717) is 0 Å². The fourth-order valence-corrected chi connectivity index (χ4v) is 2.47. The van der Waals surface area contributed by atoms with Gasteiger partial charge in [0.05, 0.1) is 0 Å². The summed E-state index contributed by atoms with van der Waals surface area (Å²) < 4.78 is 0.